The number of carbonyl (C=O) groups is 1. The van der Waals surface area contributed by atoms with Crippen molar-refractivity contribution in [3.8, 4) is 11.8 Å². The average Bonchev–Trinajstić information content (AvgIpc) is 3.12. The van der Waals surface area contributed by atoms with E-state index in [-0.39, 0.29) is 17.7 Å². The molecule has 1 aliphatic rings. The van der Waals surface area contributed by atoms with E-state index < -0.39 is 5.60 Å². The third-order valence-electron chi connectivity index (χ3n) is 5.23. The van der Waals surface area contributed by atoms with Crippen LogP contribution >= 0.6 is 0 Å². The summed E-state index contributed by atoms with van der Waals surface area (Å²) in [6, 6.07) is 1.71. The van der Waals surface area contributed by atoms with E-state index >= 15 is 0 Å². The van der Waals surface area contributed by atoms with Crippen LogP contribution in [0.2, 0.25) is 0 Å². The van der Waals surface area contributed by atoms with Crippen molar-refractivity contribution in [2.24, 2.45) is 7.05 Å². The van der Waals surface area contributed by atoms with Gasteiger partial charge in [0.05, 0.1) is 24.0 Å². The third kappa shape index (κ3) is 4.45. The topological polar surface area (TPSA) is 72.1 Å². The quantitative estimate of drug-likeness (QED) is 0.723. The Morgan fingerprint density at radius 1 is 1.33 bits per heavy atom. The van der Waals surface area contributed by atoms with Crippen molar-refractivity contribution in [3.63, 3.8) is 0 Å². The molecule has 8 nitrogen and oxygen atoms in total. The molecule has 0 spiro atoms. The molecule has 0 N–H and O–H groups in total. The zero-order valence-corrected chi connectivity index (χ0v) is 18.7. The minimum Gasteiger partial charge on any atom is -0.444 e. The molecular formula is C22H31N5O3. The van der Waals surface area contributed by atoms with Gasteiger partial charge in [-0.2, -0.15) is 0 Å². The summed E-state index contributed by atoms with van der Waals surface area (Å²) in [6.07, 6.45) is 2.93. The number of aromatic nitrogens is 3. The smallest absolute Gasteiger partial charge is 0.410 e. The Balaban J connectivity index is 1.94. The number of fused-ring (bicyclic) bond motifs is 1. The molecule has 0 aliphatic carbocycles. The second kappa shape index (κ2) is 8.42. The lowest BCUT2D eigenvalue weighted by Crippen LogP contribution is -2.55. The maximum absolute atomic E-state index is 12.6. The van der Waals surface area contributed by atoms with Crippen LogP contribution in [0.15, 0.2) is 17.1 Å². The van der Waals surface area contributed by atoms with E-state index in [2.05, 4.69) is 23.7 Å². The molecule has 30 heavy (non-hydrogen) atoms. The van der Waals surface area contributed by atoms with Gasteiger partial charge in [0.1, 0.15) is 5.60 Å². The maximum atomic E-state index is 12.6. The maximum Gasteiger partial charge on any atom is 0.410 e. The van der Waals surface area contributed by atoms with E-state index in [1.807, 2.05) is 27.0 Å². The first-order valence-corrected chi connectivity index (χ1v) is 10.4. The molecule has 8 heteroatoms. The summed E-state index contributed by atoms with van der Waals surface area (Å²) in [5, 5.41) is 0. The van der Waals surface area contributed by atoms with E-state index in [9.17, 15) is 9.59 Å². The zero-order chi connectivity index (χ0) is 22.1. The standard InChI is InChI=1S/C22H31N5O3/c1-7-9-10-16-14-27-20(23-16)18(13-19(28)24(27)6)26-12-11-25(15-17(26)8-2)21(29)30-22(3,4)5/h13-14,17H,8,10-12,15H2,1-6H3. The lowest BCUT2D eigenvalue weighted by atomic mass is 10.1. The third-order valence-corrected chi connectivity index (χ3v) is 5.23. The Kier molecular flexibility index (Phi) is 6.11. The van der Waals surface area contributed by atoms with Gasteiger partial charge in [0.2, 0.25) is 0 Å². The lowest BCUT2D eigenvalue weighted by Gasteiger charge is -2.42. The molecular weight excluding hydrogens is 382 g/mol. The number of amides is 1. The second-order valence-electron chi connectivity index (χ2n) is 8.58. The summed E-state index contributed by atoms with van der Waals surface area (Å²) in [5.74, 6) is 5.92. The number of carbonyl (C=O) groups excluding carboxylic acids is 1. The molecule has 162 valence electrons. The fraction of sp³-hybridized carbons (Fsp3) is 0.591. The zero-order valence-electron chi connectivity index (χ0n) is 18.7. The van der Waals surface area contributed by atoms with Crippen LogP contribution in [0.25, 0.3) is 5.65 Å². The van der Waals surface area contributed by atoms with Crippen molar-refractivity contribution in [3.05, 3.63) is 28.3 Å². The van der Waals surface area contributed by atoms with E-state index in [1.54, 1.807) is 34.1 Å². The normalized spacial score (nSPS) is 17.1. The van der Waals surface area contributed by atoms with Crippen LogP contribution < -0.4 is 10.5 Å². The Labute approximate surface area is 177 Å². The first-order chi connectivity index (χ1) is 14.1. The van der Waals surface area contributed by atoms with Crippen molar-refractivity contribution in [1.29, 1.82) is 0 Å². The summed E-state index contributed by atoms with van der Waals surface area (Å²) in [4.78, 5) is 33.9. The fourth-order valence-electron chi connectivity index (χ4n) is 3.69. The van der Waals surface area contributed by atoms with Gasteiger partial charge in [-0.05, 0) is 34.1 Å². The molecule has 2 aromatic heterocycles. The number of hydrogen-bond donors (Lipinski definition) is 0. The van der Waals surface area contributed by atoms with Gasteiger partial charge in [-0.15, -0.1) is 5.92 Å². The van der Waals surface area contributed by atoms with Crippen molar-refractivity contribution >= 4 is 17.4 Å². The molecule has 3 rings (SSSR count). The van der Waals surface area contributed by atoms with Crippen LogP contribution in [0, 0.1) is 11.8 Å². The summed E-state index contributed by atoms with van der Waals surface area (Å²) in [5.41, 5.74) is 1.72. The molecule has 3 heterocycles. The van der Waals surface area contributed by atoms with Crippen molar-refractivity contribution in [2.45, 2.75) is 59.1 Å². The van der Waals surface area contributed by atoms with Gasteiger partial charge < -0.3 is 14.5 Å². The molecule has 0 bridgehead atoms. The Hall–Kier alpha value is -2.95. The minimum atomic E-state index is -0.526. The van der Waals surface area contributed by atoms with E-state index in [4.69, 9.17) is 9.72 Å². The molecule has 2 aromatic rings. The van der Waals surface area contributed by atoms with Crippen molar-refractivity contribution < 1.29 is 9.53 Å². The van der Waals surface area contributed by atoms with Gasteiger partial charge in [-0.1, -0.05) is 12.8 Å². The van der Waals surface area contributed by atoms with Crippen molar-refractivity contribution in [1.82, 2.24) is 19.1 Å². The number of anilines is 1. The Morgan fingerprint density at radius 2 is 2.07 bits per heavy atom. The predicted molar refractivity (Wildman–Crippen MR) is 117 cm³/mol. The summed E-state index contributed by atoms with van der Waals surface area (Å²) in [7, 11) is 1.73. The average molecular weight is 414 g/mol. The lowest BCUT2D eigenvalue weighted by molar-refractivity contribution is 0.0213. The monoisotopic (exact) mass is 413 g/mol. The van der Waals surface area contributed by atoms with E-state index in [0.717, 1.165) is 23.4 Å². The highest BCUT2D eigenvalue weighted by Gasteiger charge is 2.32. The highest BCUT2D eigenvalue weighted by Crippen LogP contribution is 2.26. The molecule has 1 amide bonds. The minimum absolute atomic E-state index is 0.0674. The number of hydrogen-bond acceptors (Lipinski definition) is 5. The van der Waals surface area contributed by atoms with Crippen LogP contribution in [0.5, 0.6) is 0 Å². The van der Waals surface area contributed by atoms with Crippen LogP contribution in [0.4, 0.5) is 10.5 Å². The van der Waals surface area contributed by atoms with Crippen LogP contribution in [0.3, 0.4) is 0 Å². The molecule has 0 saturated carbocycles. The Morgan fingerprint density at radius 3 is 2.70 bits per heavy atom. The van der Waals surface area contributed by atoms with Gasteiger partial charge in [0.25, 0.3) is 5.56 Å². The molecule has 1 saturated heterocycles. The van der Waals surface area contributed by atoms with Crippen LogP contribution in [-0.4, -0.2) is 56.5 Å². The highest BCUT2D eigenvalue weighted by atomic mass is 16.6. The fourth-order valence-corrected chi connectivity index (χ4v) is 3.69. The largest absolute Gasteiger partial charge is 0.444 e. The van der Waals surface area contributed by atoms with Gasteiger partial charge in [0, 0.05) is 38.8 Å². The number of imidazole rings is 1. The SMILES string of the molecule is CC#CCc1cn2c(n1)c(N1CCN(C(=O)OC(C)(C)C)CC1CC)cc(=O)n2C. The van der Waals surface area contributed by atoms with Gasteiger partial charge >= 0.3 is 6.09 Å². The summed E-state index contributed by atoms with van der Waals surface area (Å²) < 4.78 is 8.88. The number of aryl methyl sites for hydroxylation is 1. The van der Waals surface area contributed by atoms with E-state index in [1.165, 1.54) is 0 Å². The molecule has 1 atom stereocenters. The molecule has 0 radical (unpaired) electrons. The van der Waals surface area contributed by atoms with Gasteiger partial charge in [-0.25, -0.2) is 19.0 Å². The molecule has 0 aromatic carbocycles. The summed E-state index contributed by atoms with van der Waals surface area (Å²) in [6.45, 7) is 11.2. The molecule has 1 aliphatic heterocycles. The number of ether oxygens (including phenoxy) is 1. The summed E-state index contributed by atoms with van der Waals surface area (Å²) >= 11 is 0. The van der Waals surface area contributed by atoms with Crippen LogP contribution in [-0.2, 0) is 18.2 Å². The number of nitrogens with zero attached hydrogens (tertiary/aromatic N) is 5. The second-order valence-corrected chi connectivity index (χ2v) is 8.58. The molecule has 1 unspecified atom stereocenters. The van der Waals surface area contributed by atoms with E-state index in [0.29, 0.717) is 26.1 Å². The number of rotatable bonds is 3. The van der Waals surface area contributed by atoms with Crippen molar-refractivity contribution in [2.75, 3.05) is 24.5 Å². The van der Waals surface area contributed by atoms with Crippen LogP contribution in [0.1, 0.15) is 46.7 Å². The highest BCUT2D eigenvalue weighted by molar-refractivity contribution is 5.72. The first kappa shape index (κ1) is 21.8. The van der Waals surface area contributed by atoms with Gasteiger partial charge in [0.15, 0.2) is 5.65 Å². The van der Waals surface area contributed by atoms with Gasteiger partial charge in [-0.3, -0.25) is 4.79 Å². The molecule has 1 fully saturated rings. The first-order valence-electron chi connectivity index (χ1n) is 10.4. The predicted octanol–water partition coefficient (Wildman–Crippen LogP) is 2.43. The number of piperazine rings is 1. The Bertz CT molecular complexity index is 1050.